The molecular formula is C11H14F2N2O3. The van der Waals surface area contributed by atoms with Gasteiger partial charge < -0.3 is 20.9 Å². The van der Waals surface area contributed by atoms with Crippen LogP contribution >= 0.6 is 0 Å². The first-order valence-electron chi connectivity index (χ1n) is 5.15. The molecule has 0 aliphatic heterocycles. The van der Waals surface area contributed by atoms with Crippen LogP contribution in [-0.4, -0.2) is 37.4 Å². The molecule has 100 valence electrons. The number of methoxy groups -OCH3 is 1. The highest BCUT2D eigenvalue weighted by atomic mass is 19.2. The lowest BCUT2D eigenvalue weighted by Crippen LogP contribution is -2.34. The van der Waals surface area contributed by atoms with Crippen LogP contribution in [0.25, 0.3) is 0 Å². The van der Waals surface area contributed by atoms with Gasteiger partial charge in [0.05, 0.1) is 18.3 Å². The summed E-state index contributed by atoms with van der Waals surface area (Å²) in [5.74, 6) is -2.98. The van der Waals surface area contributed by atoms with E-state index in [1.807, 2.05) is 0 Å². The van der Waals surface area contributed by atoms with E-state index in [1.165, 1.54) is 7.11 Å². The molecule has 1 atom stereocenters. The maximum absolute atomic E-state index is 13.0. The Labute approximate surface area is 103 Å². The fourth-order valence-electron chi connectivity index (χ4n) is 1.32. The molecule has 1 aromatic rings. The second kappa shape index (κ2) is 6.27. The lowest BCUT2D eigenvalue weighted by molar-refractivity contribution is 0.0610. The Balaban J connectivity index is 2.70. The number of hydrogen-bond acceptors (Lipinski definition) is 4. The number of carbonyl (C=O) groups excluding carboxylic acids is 1. The fourth-order valence-corrected chi connectivity index (χ4v) is 1.32. The molecule has 0 spiro atoms. The summed E-state index contributed by atoms with van der Waals surface area (Å²) < 4.78 is 30.4. The van der Waals surface area contributed by atoms with Crippen LogP contribution in [0.5, 0.6) is 0 Å². The maximum atomic E-state index is 13.0. The Morgan fingerprint density at radius 1 is 1.50 bits per heavy atom. The Bertz CT molecular complexity index is 441. The van der Waals surface area contributed by atoms with Crippen molar-refractivity contribution in [2.45, 2.75) is 6.10 Å². The van der Waals surface area contributed by atoms with Gasteiger partial charge >= 0.3 is 0 Å². The van der Waals surface area contributed by atoms with E-state index in [2.05, 4.69) is 10.1 Å². The van der Waals surface area contributed by atoms with E-state index in [9.17, 15) is 18.7 Å². The number of ether oxygens (including phenoxy) is 1. The van der Waals surface area contributed by atoms with Crippen LogP contribution in [0.4, 0.5) is 14.5 Å². The van der Waals surface area contributed by atoms with Crippen LogP contribution in [0.3, 0.4) is 0 Å². The number of aliphatic hydroxyl groups excluding tert-OH is 1. The van der Waals surface area contributed by atoms with Crippen molar-refractivity contribution < 1.29 is 23.4 Å². The zero-order valence-corrected chi connectivity index (χ0v) is 9.74. The van der Waals surface area contributed by atoms with Crippen molar-refractivity contribution in [2.24, 2.45) is 0 Å². The molecule has 0 radical (unpaired) electrons. The van der Waals surface area contributed by atoms with Gasteiger partial charge in [-0.05, 0) is 6.07 Å². The molecule has 0 heterocycles. The average molecular weight is 260 g/mol. The highest BCUT2D eigenvalue weighted by Gasteiger charge is 2.15. The van der Waals surface area contributed by atoms with Gasteiger partial charge in [-0.1, -0.05) is 0 Å². The molecule has 0 aliphatic carbocycles. The Kier molecular flexibility index (Phi) is 4.99. The van der Waals surface area contributed by atoms with E-state index in [0.717, 1.165) is 6.07 Å². The maximum Gasteiger partial charge on any atom is 0.253 e. The first-order valence-corrected chi connectivity index (χ1v) is 5.15. The molecule has 1 amide bonds. The SMILES string of the molecule is COCC(O)CNC(=O)c1cc(F)c(F)cc1N. The van der Waals surface area contributed by atoms with E-state index < -0.39 is 23.6 Å². The monoisotopic (exact) mass is 260 g/mol. The summed E-state index contributed by atoms with van der Waals surface area (Å²) in [7, 11) is 1.40. The summed E-state index contributed by atoms with van der Waals surface area (Å²) in [6, 6.07) is 1.44. The molecule has 7 heteroatoms. The van der Waals surface area contributed by atoms with Gasteiger partial charge in [0.25, 0.3) is 5.91 Å². The minimum absolute atomic E-state index is 0.0491. The van der Waals surface area contributed by atoms with Crippen molar-refractivity contribution in [1.29, 1.82) is 0 Å². The van der Waals surface area contributed by atoms with Gasteiger partial charge in [-0.2, -0.15) is 0 Å². The second-order valence-electron chi connectivity index (χ2n) is 3.67. The number of rotatable bonds is 5. The normalized spacial score (nSPS) is 12.2. The van der Waals surface area contributed by atoms with Crippen molar-refractivity contribution in [3.05, 3.63) is 29.3 Å². The van der Waals surface area contributed by atoms with E-state index >= 15 is 0 Å². The third-order valence-corrected chi connectivity index (χ3v) is 2.19. The quantitative estimate of drug-likeness (QED) is 0.664. The lowest BCUT2D eigenvalue weighted by Gasteiger charge is -2.12. The van der Waals surface area contributed by atoms with E-state index in [0.29, 0.717) is 6.07 Å². The summed E-state index contributed by atoms with van der Waals surface area (Å²) >= 11 is 0. The van der Waals surface area contributed by atoms with E-state index in [-0.39, 0.29) is 24.4 Å². The predicted octanol–water partition coefficient (Wildman–Crippen LogP) is 0.284. The van der Waals surface area contributed by atoms with Gasteiger partial charge in [-0.25, -0.2) is 8.78 Å². The summed E-state index contributed by atoms with van der Waals surface area (Å²) in [6.45, 7) is -0.0291. The smallest absolute Gasteiger partial charge is 0.253 e. The number of benzene rings is 1. The van der Waals surface area contributed by atoms with Crippen molar-refractivity contribution in [3.63, 3.8) is 0 Å². The van der Waals surface area contributed by atoms with Crippen LogP contribution in [0.1, 0.15) is 10.4 Å². The highest BCUT2D eigenvalue weighted by molar-refractivity contribution is 5.99. The van der Waals surface area contributed by atoms with Gasteiger partial charge in [0.2, 0.25) is 0 Å². The molecule has 0 aliphatic rings. The van der Waals surface area contributed by atoms with Crippen LogP contribution in [-0.2, 0) is 4.74 Å². The Hall–Kier alpha value is -1.73. The largest absolute Gasteiger partial charge is 0.398 e. The summed E-state index contributed by atoms with van der Waals surface area (Å²) in [6.07, 6.45) is -0.884. The number of nitrogens with two attached hydrogens (primary N) is 1. The summed E-state index contributed by atoms with van der Waals surface area (Å²) in [4.78, 5) is 11.6. The molecule has 1 unspecified atom stereocenters. The average Bonchev–Trinajstić information content (AvgIpc) is 2.31. The van der Waals surface area contributed by atoms with Gasteiger partial charge in [0.1, 0.15) is 0 Å². The minimum Gasteiger partial charge on any atom is -0.398 e. The highest BCUT2D eigenvalue weighted by Crippen LogP contribution is 2.16. The number of nitrogens with one attached hydrogen (secondary N) is 1. The van der Waals surface area contributed by atoms with Gasteiger partial charge in [0, 0.05) is 25.4 Å². The van der Waals surface area contributed by atoms with E-state index in [1.54, 1.807) is 0 Å². The minimum atomic E-state index is -1.16. The van der Waals surface area contributed by atoms with Crippen LogP contribution in [0.15, 0.2) is 12.1 Å². The zero-order chi connectivity index (χ0) is 13.7. The van der Waals surface area contributed by atoms with Crippen LogP contribution in [0.2, 0.25) is 0 Å². The first kappa shape index (κ1) is 14.3. The molecule has 0 fully saturated rings. The molecule has 0 bridgehead atoms. The Morgan fingerprint density at radius 3 is 2.72 bits per heavy atom. The molecule has 18 heavy (non-hydrogen) atoms. The lowest BCUT2D eigenvalue weighted by atomic mass is 10.1. The number of nitrogen functional groups attached to an aromatic ring is 1. The van der Waals surface area contributed by atoms with Crippen LogP contribution < -0.4 is 11.1 Å². The fraction of sp³-hybridized carbons (Fsp3) is 0.364. The molecule has 1 aromatic carbocycles. The predicted molar refractivity (Wildman–Crippen MR) is 61.0 cm³/mol. The number of aliphatic hydroxyl groups is 1. The number of anilines is 1. The van der Waals surface area contributed by atoms with Crippen LogP contribution in [0, 0.1) is 11.6 Å². The third-order valence-electron chi connectivity index (χ3n) is 2.19. The Morgan fingerprint density at radius 2 is 2.11 bits per heavy atom. The molecule has 0 saturated carbocycles. The van der Waals surface area contributed by atoms with Gasteiger partial charge in [-0.15, -0.1) is 0 Å². The van der Waals surface area contributed by atoms with Crippen molar-refractivity contribution in [3.8, 4) is 0 Å². The molecule has 0 aromatic heterocycles. The molecular weight excluding hydrogens is 246 g/mol. The summed E-state index contributed by atoms with van der Waals surface area (Å²) in [5.41, 5.74) is 5.05. The van der Waals surface area contributed by atoms with Gasteiger partial charge in [0.15, 0.2) is 11.6 Å². The van der Waals surface area contributed by atoms with Crippen molar-refractivity contribution in [2.75, 3.05) is 26.0 Å². The van der Waals surface area contributed by atoms with Gasteiger partial charge in [-0.3, -0.25) is 4.79 Å². The topological polar surface area (TPSA) is 84.6 Å². The standard InChI is InChI=1S/C11H14F2N2O3/c1-18-5-6(16)4-15-11(17)7-2-8(12)9(13)3-10(7)14/h2-3,6,16H,4-5,14H2,1H3,(H,15,17). The zero-order valence-electron chi connectivity index (χ0n) is 9.74. The third kappa shape index (κ3) is 3.64. The molecule has 0 saturated heterocycles. The van der Waals surface area contributed by atoms with E-state index in [4.69, 9.17) is 5.73 Å². The number of halogens is 2. The second-order valence-corrected chi connectivity index (χ2v) is 3.67. The van der Waals surface area contributed by atoms with Crippen molar-refractivity contribution >= 4 is 11.6 Å². The number of amides is 1. The molecule has 5 nitrogen and oxygen atoms in total. The number of hydrogen-bond donors (Lipinski definition) is 3. The molecule has 1 rings (SSSR count). The number of carbonyl (C=O) groups is 1. The first-order chi connectivity index (χ1) is 8.45. The summed E-state index contributed by atoms with van der Waals surface area (Å²) in [5, 5.41) is 11.6. The van der Waals surface area contributed by atoms with Crippen molar-refractivity contribution in [1.82, 2.24) is 5.32 Å². The molecule has 4 N–H and O–H groups in total.